The second-order valence-corrected chi connectivity index (χ2v) is 5.44. The Morgan fingerprint density at radius 3 is 2.92 bits per heavy atom. The Balaban J connectivity index is 1.91. The number of nitrogens with zero attached hydrogens (tertiary/aromatic N) is 1. The molecule has 2 rings (SSSR count). The molecule has 0 radical (unpaired) electrons. The molecule has 3 heteroatoms. The van der Waals surface area contributed by atoms with Crippen LogP contribution in [0, 0.1) is 17.2 Å². The van der Waals surface area contributed by atoms with Gasteiger partial charge in [0.1, 0.15) is 0 Å². The Hall–Kier alpha value is -0.180. The molecule has 1 saturated carbocycles. The van der Waals surface area contributed by atoms with E-state index >= 15 is 0 Å². The maximum absolute atomic E-state index is 8.00. The average Bonchev–Trinajstić information content (AvgIpc) is 2.88. The van der Waals surface area contributed by atoms with Crippen molar-refractivity contribution in [3.63, 3.8) is 0 Å². The van der Waals surface area contributed by atoms with Crippen molar-refractivity contribution in [2.75, 3.05) is 24.6 Å². The fourth-order valence-corrected chi connectivity index (χ4v) is 2.84. The lowest BCUT2D eigenvalue weighted by atomic mass is 10.2. The normalized spacial score (nSPS) is 29.9. The predicted octanol–water partition coefficient (Wildman–Crippen LogP) is 2.06. The summed E-state index contributed by atoms with van der Waals surface area (Å²) in [5.41, 5.74) is 0. The Kier molecular flexibility index (Phi) is 2.82. The van der Waals surface area contributed by atoms with Gasteiger partial charge in [0.2, 0.25) is 0 Å². The molecule has 0 aromatic rings. The first-order valence-electron chi connectivity index (χ1n) is 5.18. The molecule has 2 nitrogen and oxygen atoms in total. The SMILES string of the molecule is CC1CSCCN(C(=N)C2CC2)C1. The fourth-order valence-electron chi connectivity index (χ4n) is 1.81. The molecule has 1 saturated heterocycles. The van der Waals surface area contributed by atoms with Crippen molar-refractivity contribution >= 4 is 17.6 Å². The summed E-state index contributed by atoms with van der Waals surface area (Å²) in [6.45, 7) is 4.51. The maximum atomic E-state index is 8.00. The van der Waals surface area contributed by atoms with Crippen molar-refractivity contribution < 1.29 is 0 Å². The van der Waals surface area contributed by atoms with Gasteiger partial charge in [0.15, 0.2) is 0 Å². The molecule has 1 aliphatic carbocycles. The minimum Gasteiger partial charge on any atom is -0.359 e. The highest BCUT2D eigenvalue weighted by Gasteiger charge is 2.31. The third kappa shape index (κ3) is 2.39. The van der Waals surface area contributed by atoms with E-state index in [2.05, 4.69) is 11.8 Å². The van der Waals surface area contributed by atoms with Gasteiger partial charge < -0.3 is 4.90 Å². The molecule has 2 aliphatic rings. The van der Waals surface area contributed by atoms with Crippen LogP contribution < -0.4 is 0 Å². The number of rotatable bonds is 1. The second-order valence-electron chi connectivity index (χ2n) is 4.29. The van der Waals surface area contributed by atoms with Crippen LogP contribution in [0.1, 0.15) is 19.8 Å². The van der Waals surface area contributed by atoms with Gasteiger partial charge in [-0.3, -0.25) is 5.41 Å². The highest BCUT2D eigenvalue weighted by Crippen LogP contribution is 2.32. The molecule has 0 spiro atoms. The molecule has 74 valence electrons. The molecule has 1 heterocycles. The Labute approximate surface area is 84.6 Å². The predicted molar refractivity (Wildman–Crippen MR) is 58.5 cm³/mol. The first-order valence-corrected chi connectivity index (χ1v) is 6.34. The van der Waals surface area contributed by atoms with Crippen molar-refractivity contribution in [2.24, 2.45) is 11.8 Å². The smallest absolute Gasteiger partial charge is 0.0989 e. The van der Waals surface area contributed by atoms with Gasteiger partial charge in [-0.15, -0.1) is 0 Å². The third-order valence-corrected chi connectivity index (χ3v) is 4.02. The van der Waals surface area contributed by atoms with E-state index in [4.69, 9.17) is 5.41 Å². The quantitative estimate of drug-likeness (QED) is 0.516. The molecule has 0 aromatic heterocycles. The monoisotopic (exact) mass is 198 g/mol. The van der Waals surface area contributed by atoms with E-state index in [0.717, 1.165) is 24.8 Å². The van der Waals surface area contributed by atoms with E-state index in [1.807, 2.05) is 11.8 Å². The van der Waals surface area contributed by atoms with Crippen LogP contribution in [0.5, 0.6) is 0 Å². The number of hydrogen-bond acceptors (Lipinski definition) is 2. The lowest BCUT2D eigenvalue weighted by Crippen LogP contribution is -2.35. The zero-order chi connectivity index (χ0) is 9.26. The highest BCUT2D eigenvalue weighted by molar-refractivity contribution is 7.99. The van der Waals surface area contributed by atoms with Crippen LogP contribution in [0.15, 0.2) is 0 Å². The van der Waals surface area contributed by atoms with Crippen LogP contribution in [0.3, 0.4) is 0 Å². The van der Waals surface area contributed by atoms with Crippen molar-refractivity contribution in [1.82, 2.24) is 4.90 Å². The summed E-state index contributed by atoms with van der Waals surface area (Å²) in [5, 5.41) is 8.00. The van der Waals surface area contributed by atoms with Gasteiger partial charge in [-0.1, -0.05) is 6.92 Å². The summed E-state index contributed by atoms with van der Waals surface area (Å²) >= 11 is 2.04. The highest BCUT2D eigenvalue weighted by atomic mass is 32.2. The Morgan fingerprint density at radius 1 is 1.46 bits per heavy atom. The van der Waals surface area contributed by atoms with E-state index in [1.54, 1.807) is 0 Å². The summed E-state index contributed by atoms with van der Waals surface area (Å²) in [5.74, 6) is 4.78. The van der Waals surface area contributed by atoms with Gasteiger partial charge in [-0.25, -0.2) is 0 Å². The molecule has 2 fully saturated rings. The lowest BCUT2D eigenvalue weighted by Gasteiger charge is -2.24. The number of hydrogen-bond donors (Lipinski definition) is 1. The number of nitrogens with one attached hydrogen (secondary N) is 1. The van der Waals surface area contributed by atoms with E-state index < -0.39 is 0 Å². The molecule has 1 unspecified atom stereocenters. The van der Waals surface area contributed by atoms with Crippen molar-refractivity contribution in [1.29, 1.82) is 5.41 Å². The molecule has 13 heavy (non-hydrogen) atoms. The largest absolute Gasteiger partial charge is 0.359 e. The van der Waals surface area contributed by atoms with Crippen LogP contribution in [0.4, 0.5) is 0 Å². The van der Waals surface area contributed by atoms with Crippen molar-refractivity contribution in [2.45, 2.75) is 19.8 Å². The van der Waals surface area contributed by atoms with Gasteiger partial charge >= 0.3 is 0 Å². The average molecular weight is 198 g/mol. The third-order valence-electron chi connectivity index (χ3n) is 2.74. The van der Waals surface area contributed by atoms with E-state index in [1.165, 1.54) is 24.3 Å². The zero-order valence-electron chi connectivity index (χ0n) is 8.25. The summed E-state index contributed by atoms with van der Waals surface area (Å²) < 4.78 is 0. The van der Waals surface area contributed by atoms with Crippen LogP contribution in [0.2, 0.25) is 0 Å². The minimum atomic E-state index is 0.621. The van der Waals surface area contributed by atoms with Gasteiger partial charge in [-0.05, 0) is 24.5 Å². The van der Waals surface area contributed by atoms with Gasteiger partial charge in [0.25, 0.3) is 0 Å². The van der Waals surface area contributed by atoms with Crippen LogP contribution >= 0.6 is 11.8 Å². The standard InChI is InChI=1S/C10H18N2S/c1-8-6-12(4-5-13-7-8)10(11)9-2-3-9/h8-9,11H,2-7H2,1H3. The second kappa shape index (κ2) is 3.91. The van der Waals surface area contributed by atoms with Gasteiger partial charge in [-0.2, -0.15) is 11.8 Å². The maximum Gasteiger partial charge on any atom is 0.0989 e. The number of amidine groups is 1. The van der Waals surface area contributed by atoms with Crippen molar-refractivity contribution in [3.8, 4) is 0 Å². The molecule has 0 amide bonds. The Morgan fingerprint density at radius 2 is 2.23 bits per heavy atom. The molecular weight excluding hydrogens is 180 g/mol. The Bertz CT molecular complexity index is 201. The first-order chi connectivity index (χ1) is 6.27. The topological polar surface area (TPSA) is 27.1 Å². The summed E-state index contributed by atoms with van der Waals surface area (Å²) in [6, 6.07) is 0. The first kappa shape index (κ1) is 9.38. The van der Waals surface area contributed by atoms with Gasteiger partial charge in [0, 0.05) is 24.8 Å². The van der Waals surface area contributed by atoms with Crippen LogP contribution in [-0.2, 0) is 0 Å². The summed E-state index contributed by atoms with van der Waals surface area (Å²) in [4.78, 5) is 2.31. The molecule has 1 aliphatic heterocycles. The van der Waals surface area contributed by atoms with E-state index in [9.17, 15) is 0 Å². The zero-order valence-corrected chi connectivity index (χ0v) is 9.07. The number of thioether (sulfide) groups is 1. The molecular formula is C10H18N2S. The molecule has 1 N–H and O–H groups in total. The van der Waals surface area contributed by atoms with Crippen LogP contribution in [0.25, 0.3) is 0 Å². The van der Waals surface area contributed by atoms with Crippen molar-refractivity contribution in [3.05, 3.63) is 0 Å². The van der Waals surface area contributed by atoms with Crippen LogP contribution in [-0.4, -0.2) is 35.3 Å². The molecule has 0 aromatic carbocycles. The molecule has 0 bridgehead atoms. The van der Waals surface area contributed by atoms with E-state index in [-0.39, 0.29) is 0 Å². The minimum absolute atomic E-state index is 0.621. The summed E-state index contributed by atoms with van der Waals surface area (Å²) in [6.07, 6.45) is 2.52. The fraction of sp³-hybridized carbons (Fsp3) is 0.900. The summed E-state index contributed by atoms with van der Waals surface area (Å²) in [7, 11) is 0. The van der Waals surface area contributed by atoms with E-state index in [0.29, 0.717) is 5.92 Å². The molecule has 1 atom stereocenters. The van der Waals surface area contributed by atoms with Gasteiger partial charge in [0.05, 0.1) is 5.84 Å². The lowest BCUT2D eigenvalue weighted by molar-refractivity contribution is 0.383.